The summed E-state index contributed by atoms with van der Waals surface area (Å²) in [6, 6.07) is 7.87. The molecule has 0 aliphatic rings. The summed E-state index contributed by atoms with van der Waals surface area (Å²) < 4.78 is 5.16. The van der Waals surface area contributed by atoms with Crippen LogP contribution in [0.5, 0.6) is 5.75 Å². The molecule has 1 rings (SSSR count). The van der Waals surface area contributed by atoms with E-state index in [1.807, 2.05) is 24.3 Å². The Kier molecular flexibility index (Phi) is 6.53. The third-order valence-electron chi connectivity index (χ3n) is 3.57. The van der Waals surface area contributed by atoms with Gasteiger partial charge in [0.2, 0.25) is 0 Å². The number of hydrogen-bond acceptors (Lipinski definition) is 2. The molecule has 0 spiro atoms. The number of rotatable bonds is 7. The summed E-state index contributed by atoms with van der Waals surface area (Å²) in [5.74, 6) is 1.44. The maximum Gasteiger partial charge on any atom is 0.314 e. The lowest BCUT2D eigenvalue weighted by atomic mass is 9.84. The Morgan fingerprint density at radius 1 is 1.19 bits per heavy atom. The highest BCUT2D eigenvalue weighted by molar-refractivity contribution is 5.73. The van der Waals surface area contributed by atoms with Gasteiger partial charge in [0.1, 0.15) is 5.75 Å². The van der Waals surface area contributed by atoms with Crippen LogP contribution in [0.2, 0.25) is 0 Å². The summed E-state index contributed by atoms with van der Waals surface area (Å²) in [5, 5.41) is 5.83. The molecule has 0 heterocycles. The van der Waals surface area contributed by atoms with Crippen molar-refractivity contribution < 1.29 is 9.53 Å². The minimum atomic E-state index is -0.123. The van der Waals surface area contributed by atoms with Crippen molar-refractivity contribution in [3.8, 4) is 5.75 Å². The summed E-state index contributed by atoms with van der Waals surface area (Å²) in [4.78, 5) is 11.8. The van der Waals surface area contributed by atoms with Crippen molar-refractivity contribution in [3.05, 3.63) is 29.8 Å². The van der Waals surface area contributed by atoms with E-state index in [2.05, 4.69) is 38.3 Å². The number of ether oxygens (including phenoxy) is 1. The summed E-state index contributed by atoms with van der Waals surface area (Å²) in [5.41, 5.74) is 1.05. The monoisotopic (exact) mass is 292 g/mol. The van der Waals surface area contributed by atoms with Gasteiger partial charge in [-0.15, -0.1) is 0 Å². The van der Waals surface area contributed by atoms with Crippen molar-refractivity contribution in [2.24, 2.45) is 5.92 Å². The van der Waals surface area contributed by atoms with Gasteiger partial charge in [0, 0.05) is 18.5 Å². The standard InChI is InChI=1S/C17H28N2O2/c1-13(2)10-11-18-16(20)19-12-17(3,4)14-6-8-15(21-5)9-7-14/h6-9,13H,10-12H2,1-5H3,(H2,18,19,20). The highest BCUT2D eigenvalue weighted by Crippen LogP contribution is 2.24. The molecule has 0 aromatic heterocycles. The van der Waals surface area contributed by atoms with Gasteiger partial charge in [0.25, 0.3) is 0 Å². The van der Waals surface area contributed by atoms with Gasteiger partial charge < -0.3 is 15.4 Å². The maximum absolute atomic E-state index is 11.8. The highest BCUT2D eigenvalue weighted by atomic mass is 16.5. The second-order valence-electron chi connectivity index (χ2n) is 6.40. The number of nitrogens with one attached hydrogen (secondary N) is 2. The van der Waals surface area contributed by atoms with Crippen LogP contribution >= 0.6 is 0 Å². The van der Waals surface area contributed by atoms with Crippen LogP contribution in [-0.2, 0) is 5.41 Å². The second kappa shape index (κ2) is 7.91. The second-order valence-corrected chi connectivity index (χ2v) is 6.40. The molecule has 0 saturated heterocycles. The van der Waals surface area contributed by atoms with Crippen molar-refractivity contribution in [2.45, 2.75) is 39.5 Å². The van der Waals surface area contributed by atoms with Crippen molar-refractivity contribution in [3.63, 3.8) is 0 Å². The first kappa shape index (κ1) is 17.3. The molecule has 118 valence electrons. The van der Waals surface area contributed by atoms with E-state index in [0.29, 0.717) is 19.0 Å². The molecule has 2 amide bonds. The lowest BCUT2D eigenvalue weighted by molar-refractivity contribution is 0.238. The fourth-order valence-corrected chi connectivity index (χ4v) is 1.98. The van der Waals surface area contributed by atoms with Gasteiger partial charge in [-0.1, -0.05) is 39.8 Å². The molecule has 0 aliphatic carbocycles. The molecule has 1 aromatic carbocycles. The zero-order valence-electron chi connectivity index (χ0n) is 13.8. The molecule has 0 unspecified atom stereocenters. The Hall–Kier alpha value is -1.71. The van der Waals surface area contributed by atoms with Gasteiger partial charge in [0.05, 0.1) is 7.11 Å². The number of carbonyl (C=O) groups is 1. The summed E-state index contributed by atoms with van der Waals surface area (Å²) >= 11 is 0. The zero-order chi connectivity index (χ0) is 15.9. The first-order valence-corrected chi connectivity index (χ1v) is 7.51. The molecule has 0 radical (unpaired) electrons. The highest BCUT2D eigenvalue weighted by Gasteiger charge is 2.21. The molecular formula is C17H28N2O2. The van der Waals surface area contributed by atoms with Crippen molar-refractivity contribution >= 4 is 6.03 Å². The zero-order valence-corrected chi connectivity index (χ0v) is 13.8. The number of hydrogen-bond donors (Lipinski definition) is 2. The SMILES string of the molecule is COc1ccc(C(C)(C)CNC(=O)NCCC(C)C)cc1. The maximum atomic E-state index is 11.8. The number of benzene rings is 1. The van der Waals surface area contributed by atoms with Gasteiger partial charge in [-0.2, -0.15) is 0 Å². The Morgan fingerprint density at radius 2 is 1.81 bits per heavy atom. The summed E-state index contributed by atoms with van der Waals surface area (Å²) in [6.07, 6.45) is 0.995. The van der Waals surface area contributed by atoms with Crippen molar-refractivity contribution in [1.29, 1.82) is 0 Å². The van der Waals surface area contributed by atoms with Gasteiger partial charge in [-0.3, -0.25) is 0 Å². The van der Waals surface area contributed by atoms with E-state index in [1.165, 1.54) is 5.56 Å². The minimum absolute atomic E-state index is 0.0998. The smallest absolute Gasteiger partial charge is 0.314 e. The third-order valence-corrected chi connectivity index (χ3v) is 3.57. The van der Waals surface area contributed by atoms with E-state index in [4.69, 9.17) is 4.74 Å². The molecule has 2 N–H and O–H groups in total. The van der Waals surface area contributed by atoms with Gasteiger partial charge in [0.15, 0.2) is 0 Å². The Morgan fingerprint density at radius 3 is 2.33 bits per heavy atom. The number of methoxy groups -OCH3 is 1. The van der Waals surface area contributed by atoms with Crippen LogP contribution in [-0.4, -0.2) is 26.2 Å². The van der Waals surface area contributed by atoms with Crippen LogP contribution in [0.25, 0.3) is 0 Å². The topological polar surface area (TPSA) is 50.4 Å². The Labute approximate surface area is 128 Å². The molecule has 0 atom stereocenters. The fraction of sp³-hybridized carbons (Fsp3) is 0.588. The molecule has 0 aliphatic heterocycles. The van der Waals surface area contributed by atoms with Gasteiger partial charge in [-0.05, 0) is 30.0 Å². The van der Waals surface area contributed by atoms with E-state index in [-0.39, 0.29) is 11.4 Å². The molecule has 4 nitrogen and oxygen atoms in total. The van der Waals surface area contributed by atoms with E-state index >= 15 is 0 Å². The lowest BCUT2D eigenvalue weighted by Gasteiger charge is -2.26. The summed E-state index contributed by atoms with van der Waals surface area (Å²) in [6.45, 7) is 9.82. The average molecular weight is 292 g/mol. The number of amides is 2. The number of urea groups is 1. The minimum Gasteiger partial charge on any atom is -0.497 e. The van der Waals surface area contributed by atoms with E-state index < -0.39 is 0 Å². The normalized spacial score (nSPS) is 11.3. The van der Waals surface area contributed by atoms with Crippen LogP contribution in [0.4, 0.5) is 4.79 Å². The first-order chi connectivity index (χ1) is 9.85. The fourth-order valence-electron chi connectivity index (χ4n) is 1.98. The average Bonchev–Trinajstić information content (AvgIpc) is 2.45. The first-order valence-electron chi connectivity index (χ1n) is 7.51. The van der Waals surface area contributed by atoms with Gasteiger partial charge >= 0.3 is 6.03 Å². The van der Waals surface area contributed by atoms with Crippen LogP contribution in [0.3, 0.4) is 0 Å². The van der Waals surface area contributed by atoms with E-state index in [9.17, 15) is 4.79 Å². The molecule has 4 heteroatoms. The van der Waals surface area contributed by atoms with Crippen LogP contribution in [0.15, 0.2) is 24.3 Å². The van der Waals surface area contributed by atoms with Crippen LogP contribution < -0.4 is 15.4 Å². The molecule has 0 saturated carbocycles. The van der Waals surface area contributed by atoms with Crippen LogP contribution in [0.1, 0.15) is 39.7 Å². The van der Waals surface area contributed by atoms with Crippen molar-refractivity contribution in [1.82, 2.24) is 10.6 Å². The van der Waals surface area contributed by atoms with Crippen molar-refractivity contribution in [2.75, 3.05) is 20.2 Å². The molecule has 0 bridgehead atoms. The molecular weight excluding hydrogens is 264 g/mol. The molecule has 0 fully saturated rings. The lowest BCUT2D eigenvalue weighted by Crippen LogP contribution is -2.42. The van der Waals surface area contributed by atoms with E-state index in [0.717, 1.165) is 12.2 Å². The van der Waals surface area contributed by atoms with E-state index in [1.54, 1.807) is 7.11 Å². The Bertz CT molecular complexity index is 439. The van der Waals surface area contributed by atoms with Gasteiger partial charge in [-0.25, -0.2) is 4.79 Å². The number of carbonyl (C=O) groups excluding carboxylic acids is 1. The molecule has 1 aromatic rings. The quantitative estimate of drug-likeness (QED) is 0.810. The largest absolute Gasteiger partial charge is 0.497 e. The van der Waals surface area contributed by atoms with Crippen LogP contribution in [0, 0.1) is 5.92 Å². The predicted molar refractivity (Wildman–Crippen MR) is 86.9 cm³/mol. The predicted octanol–water partition coefficient (Wildman–Crippen LogP) is 3.32. The third kappa shape index (κ3) is 6.06. The molecule has 21 heavy (non-hydrogen) atoms. The Balaban J connectivity index is 2.46. The summed E-state index contributed by atoms with van der Waals surface area (Å²) in [7, 11) is 1.66.